The Kier molecular flexibility index (Phi) is 4.34. The molecule has 0 aliphatic heterocycles. The van der Waals surface area contributed by atoms with Crippen LogP contribution in [0.2, 0.25) is 0 Å². The van der Waals surface area contributed by atoms with E-state index in [4.69, 9.17) is 0 Å². The molecule has 0 aromatic carbocycles. The van der Waals surface area contributed by atoms with Crippen LogP contribution in [0.15, 0.2) is 59.3 Å². The summed E-state index contributed by atoms with van der Waals surface area (Å²) in [5, 5.41) is 0. The van der Waals surface area contributed by atoms with Crippen molar-refractivity contribution in [3.8, 4) is 0 Å². The molecule has 17 heavy (non-hydrogen) atoms. The topological polar surface area (TPSA) is 0 Å². The Bertz CT molecular complexity index is 423. The lowest BCUT2D eigenvalue weighted by Gasteiger charge is -2.22. The van der Waals surface area contributed by atoms with Gasteiger partial charge in [-0.15, -0.1) is 0 Å². The van der Waals surface area contributed by atoms with E-state index < -0.39 is 0 Å². The van der Waals surface area contributed by atoms with Crippen LogP contribution in [0.4, 0.5) is 0 Å². The fourth-order valence-electron chi connectivity index (χ4n) is 2.19. The summed E-state index contributed by atoms with van der Waals surface area (Å²) < 4.78 is 0. The number of allylic oxidation sites excluding steroid dienone is 9. The zero-order valence-corrected chi connectivity index (χ0v) is 11.8. The van der Waals surface area contributed by atoms with Gasteiger partial charge in [0.15, 0.2) is 0 Å². The largest absolute Gasteiger partial charge is 0.0991 e. The van der Waals surface area contributed by atoms with Crippen LogP contribution in [0.3, 0.4) is 0 Å². The van der Waals surface area contributed by atoms with Crippen molar-refractivity contribution >= 4 is 0 Å². The molecule has 0 radical (unpaired) electrons. The molecule has 1 rings (SSSR count). The molecule has 1 aliphatic carbocycles. The maximum absolute atomic E-state index is 3.75. The van der Waals surface area contributed by atoms with Gasteiger partial charge in [-0.05, 0) is 31.4 Å². The van der Waals surface area contributed by atoms with Gasteiger partial charge in [0, 0.05) is 5.41 Å². The van der Waals surface area contributed by atoms with Crippen molar-refractivity contribution in [1.82, 2.24) is 0 Å². The first-order valence-corrected chi connectivity index (χ1v) is 6.35. The van der Waals surface area contributed by atoms with Gasteiger partial charge in [0.1, 0.15) is 0 Å². The molecule has 1 aliphatic rings. The molecule has 0 heterocycles. The monoisotopic (exact) mass is 228 g/mol. The molecule has 0 saturated carbocycles. The Morgan fingerprint density at radius 3 is 2.06 bits per heavy atom. The van der Waals surface area contributed by atoms with Crippen LogP contribution < -0.4 is 0 Å². The second kappa shape index (κ2) is 5.35. The molecule has 0 bridgehead atoms. The molecule has 0 nitrogen and oxygen atoms in total. The predicted octanol–water partition coefficient (Wildman–Crippen LogP) is 5.37. The first-order chi connectivity index (χ1) is 7.96. The van der Waals surface area contributed by atoms with Crippen molar-refractivity contribution in [3.05, 3.63) is 59.3 Å². The zero-order valence-electron chi connectivity index (χ0n) is 11.8. The van der Waals surface area contributed by atoms with Crippen molar-refractivity contribution in [1.29, 1.82) is 0 Å². The van der Waals surface area contributed by atoms with E-state index in [0.29, 0.717) is 0 Å². The Balaban J connectivity index is 3.30. The highest BCUT2D eigenvalue weighted by Gasteiger charge is 2.32. The van der Waals surface area contributed by atoms with Crippen LogP contribution in [-0.2, 0) is 0 Å². The third-order valence-electron chi connectivity index (χ3n) is 3.89. The molecular weight excluding hydrogens is 204 g/mol. The van der Waals surface area contributed by atoms with Gasteiger partial charge < -0.3 is 0 Å². The first-order valence-electron chi connectivity index (χ1n) is 6.35. The molecule has 0 atom stereocenters. The van der Waals surface area contributed by atoms with Gasteiger partial charge in [0.05, 0.1) is 0 Å². The van der Waals surface area contributed by atoms with Crippen LogP contribution in [0.1, 0.15) is 41.0 Å². The highest BCUT2D eigenvalue weighted by atomic mass is 14.4. The molecule has 0 spiro atoms. The summed E-state index contributed by atoms with van der Waals surface area (Å²) in [5.41, 5.74) is 5.82. The van der Waals surface area contributed by atoms with Crippen LogP contribution >= 0.6 is 0 Å². The lowest BCUT2D eigenvalue weighted by atomic mass is 9.82. The number of hydrogen-bond acceptors (Lipinski definition) is 0. The lowest BCUT2D eigenvalue weighted by molar-refractivity contribution is 0.548. The number of rotatable bonds is 4. The van der Waals surface area contributed by atoms with Crippen molar-refractivity contribution < 1.29 is 0 Å². The van der Waals surface area contributed by atoms with E-state index in [1.165, 1.54) is 22.3 Å². The van der Waals surface area contributed by atoms with Crippen LogP contribution in [0, 0.1) is 5.41 Å². The van der Waals surface area contributed by atoms with Gasteiger partial charge in [-0.3, -0.25) is 0 Å². The quantitative estimate of drug-likeness (QED) is 0.568. The standard InChI is InChI=1S/C17H24/c1-7-9-11-15-13(3)17(5,6)14(4)16(15)12-10-8-2/h7,9-12H,1,8H2,2-6H3/b11-9-,12-10-. The minimum absolute atomic E-state index is 0.175. The van der Waals surface area contributed by atoms with Crippen molar-refractivity contribution in [3.63, 3.8) is 0 Å². The van der Waals surface area contributed by atoms with E-state index in [1.807, 2.05) is 12.2 Å². The van der Waals surface area contributed by atoms with Gasteiger partial charge in [0.25, 0.3) is 0 Å². The molecule has 0 N–H and O–H groups in total. The van der Waals surface area contributed by atoms with E-state index in [9.17, 15) is 0 Å². The van der Waals surface area contributed by atoms with Gasteiger partial charge in [-0.25, -0.2) is 0 Å². The van der Waals surface area contributed by atoms with Gasteiger partial charge >= 0.3 is 0 Å². The fourth-order valence-corrected chi connectivity index (χ4v) is 2.19. The minimum Gasteiger partial charge on any atom is -0.0991 e. The van der Waals surface area contributed by atoms with E-state index in [0.717, 1.165) is 6.42 Å². The SMILES string of the molecule is C=C/C=C\C1=C(C)C(C)(C)C(C)=C1/C=C\CC. The highest BCUT2D eigenvalue weighted by molar-refractivity contribution is 5.60. The molecule has 0 saturated heterocycles. The third-order valence-corrected chi connectivity index (χ3v) is 3.89. The summed E-state index contributed by atoms with van der Waals surface area (Å²) in [6, 6.07) is 0. The molecule has 92 valence electrons. The second-order valence-corrected chi connectivity index (χ2v) is 5.11. The van der Waals surface area contributed by atoms with Crippen molar-refractivity contribution in [2.45, 2.75) is 41.0 Å². The van der Waals surface area contributed by atoms with Crippen LogP contribution in [-0.4, -0.2) is 0 Å². The maximum Gasteiger partial charge on any atom is 0.00769 e. The Labute approximate surface area is 106 Å². The van der Waals surface area contributed by atoms with Crippen LogP contribution in [0.5, 0.6) is 0 Å². The summed E-state index contributed by atoms with van der Waals surface area (Å²) in [5.74, 6) is 0. The van der Waals surface area contributed by atoms with Gasteiger partial charge in [0.2, 0.25) is 0 Å². The maximum atomic E-state index is 3.75. The van der Waals surface area contributed by atoms with E-state index in [1.54, 1.807) is 0 Å². The molecule has 0 aromatic rings. The van der Waals surface area contributed by atoms with Crippen molar-refractivity contribution in [2.75, 3.05) is 0 Å². The van der Waals surface area contributed by atoms with E-state index in [-0.39, 0.29) is 5.41 Å². The summed E-state index contributed by atoms with van der Waals surface area (Å²) in [6.45, 7) is 15.0. The molecule has 0 fully saturated rings. The number of hydrogen-bond donors (Lipinski definition) is 0. The predicted molar refractivity (Wildman–Crippen MR) is 77.9 cm³/mol. The van der Waals surface area contributed by atoms with Gasteiger partial charge in [-0.1, -0.05) is 68.9 Å². The average Bonchev–Trinajstić information content (AvgIpc) is 2.45. The highest BCUT2D eigenvalue weighted by Crippen LogP contribution is 2.47. The Morgan fingerprint density at radius 2 is 1.59 bits per heavy atom. The molecule has 0 heteroatoms. The second-order valence-electron chi connectivity index (χ2n) is 5.11. The third kappa shape index (κ3) is 2.52. The van der Waals surface area contributed by atoms with Crippen molar-refractivity contribution in [2.24, 2.45) is 5.41 Å². The zero-order chi connectivity index (χ0) is 13.1. The fraction of sp³-hybridized carbons (Fsp3) is 0.412. The molecule has 0 aromatic heterocycles. The van der Waals surface area contributed by atoms with Gasteiger partial charge in [-0.2, -0.15) is 0 Å². The first kappa shape index (κ1) is 13.8. The van der Waals surface area contributed by atoms with Crippen LogP contribution in [0.25, 0.3) is 0 Å². The Morgan fingerprint density at radius 1 is 1.06 bits per heavy atom. The smallest absolute Gasteiger partial charge is 0.00769 e. The Hall–Kier alpha value is -1.30. The molecule has 0 amide bonds. The molecule has 0 unspecified atom stereocenters. The summed E-state index contributed by atoms with van der Waals surface area (Å²) in [7, 11) is 0. The molecular formula is C17H24. The van der Waals surface area contributed by atoms with E-state index in [2.05, 4.69) is 59.4 Å². The van der Waals surface area contributed by atoms with E-state index >= 15 is 0 Å². The average molecular weight is 228 g/mol. The summed E-state index contributed by atoms with van der Waals surface area (Å²) in [4.78, 5) is 0. The summed E-state index contributed by atoms with van der Waals surface area (Å²) in [6.07, 6.45) is 11.6. The minimum atomic E-state index is 0.175. The summed E-state index contributed by atoms with van der Waals surface area (Å²) >= 11 is 0. The normalized spacial score (nSPS) is 20.1. The lowest BCUT2D eigenvalue weighted by Crippen LogP contribution is -2.11.